The lowest BCUT2D eigenvalue weighted by molar-refractivity contribution is -0.273. The Morgan fingerprint density at radius 2 is 1.92 bits per heavy atom. The lowest BCUT2D eigenvalue weighted by Crippen LogP contribution is -2.63. The second kappa shape index (κ2) is 6.01. The van der Waals surface area contributed by atoms with Crippen LogP contribution in [0.15, 0.2) is 39.5 Å². The van der Waals surface area contributed by atoms with Crippen LogP contribution in [0.5, 0.6) is 0 Å². The first-order chi connectivity index (χ1) is 11.3. The Balaban J connectivity index is 1.86. The van der Waals surface area contributed by atoms with Gasteiger partial charge in [-0.05, 0) is 26.0 Å². The molecule has 0 saturated carbocycles. The summed E-state index contributed by atoms with van der Waals surface area (Å²) in [7, 11) is 0. The first kappa shape index (κ1) is 16.6. The van der Waals surface area contributed by atoms with Crippen LogP contribution in [0.4, 0.5) is 0 Å². The molecule has 0 bridgehead atoms. The van der Waals surface area contributed by atoms with E-state index in [-0.39, 0.29) is 25.4 Å². The highest BCUT2D eigenvalue weighted by molar-refractivity contribution is 5.97. The van der Waals surface area contributed by atoms with Crippen molar-refractivity contribution in [1.82, 2.24) is 5.32 Å². The molecule has 7 nitrogen and oxygen atoms in total. The summed E-state index contributed by atoms with van der Waals surface area (Å²) in [4.78, 5) is 24.6. The number of aliphatic hydroxyl groups excluding tert-OH is 1. The number of carbonyl (C=O) groups excluding carboxylic acids is 1. The van der Waals surface area contributed by atoms with Crippen molar-refractivity contribution in [3.05, 3.63) is 46.3 Å². The summed E-state index contributed by atoms with van der Waals surface area (Å²) in [5, 5.41) is 13.0. The molecule has 1 saturated heterocycles. The van der Waals surface area contributed by atoms with Crippen LogP contribution in [-0.4, -0.2) is 42.2 Å². The van der Waals surface area contributed by atoms with Gasteiger partial charge in [-0.15, -0.1) is 0 Å². The average Bonchev–Trinajstić information content (AvgIpc) is 2.56. The van der Waals surface area contributed by atoms with E-state index in [1.54, 1.807) is 38.1 Å². The summed E-state index contributed by atoms with van der Waals surface area (Å²) in [6.07, 6.45) is 0. The number of hydrogen-bond acceptors (Lipinski definition) is 6. The molecule has 0 atom stereocenters. The van der Waals surface area contributed by atoms with Crippen LogP contribution < -0.4 is 10.9 Å². The maximum atomic E-state index is 12.5. The summed E-state index contributed by atoms with van der Waals surface area (Å²) >= 11 is 0. The molecule has 1 amide bonds. The van der Waals surface area contributed by atoms with Gasteiger partial charge in [-0.3, -0.25) is 4.79 Å². The van der Waals surface area contributed by atoms with Crippen molar-refractivity contribution in [2.45, 2.75) is 25.2 Å². The lowest BCUT2D eigenvalue weighted by Gasteiger charge is -2.42. The summed E-state index contributed by atoms with van der Waals surface area (Å²) in [5.74, 6) is -1.43. The van der Waals surface area contributed by atoms with E-state index in [1.807, 2.05) is 0 Å². The topological polar surface area (TPSA) is 98.0 Å². The Kier molecular flexibility index (Phi) is 4.16. The maximum Gasteiger partial charge on any atom is 0.349 e. The van der Waals surface area contributed by atoms with Crippen LogP contribution >= 0.6 is 0 Å². The Labute approximate surface area is 138 Å². The second-order valence-electron chi connectivity index (χ2n) is 6.36. The smallest absolute Gasteiger partial charge is 0.349 e. The molecule has 1 aromatic heterocycles. The quantitative estimate of drug-likeness (QED) is 0.815. The molecule has 1 aliphatic heterocycles. The number of hydrogen-bond donors (Lipinski definition) is 2. The number of rotatable bonds is 3. The molecule has 2 N–H and O–H groups in total. The van der Waals surface area contributed by atoms with Gasteiger partial charge in [-0.1, -0.05) is 18.2 Å². The normalized spacial score (nSPS) is 19.1. The average molecular weight is 333 g/mol. The number of ether oxygens (including phenoxy) is 2. The fourth-order valence-electron chi connectivity index (χ4n) is 2.44. The molecule has 0 unspecified atom stereocenters. The van der Waals surface area contributed by atoms with E-state index in [0.717, 1.165) is 0 Å². The van der Waals surface area contributed by atoms with Crippen molar-refractivity contribution >= 4 is 16.9 Å². The minimum absolute atomic E-state index is 0.0706. The fourth-order valence-corrected chi connectivity index (χ4v) is 2.44. The SMILES string of the molecule is CC1(C)OCC(CO)(NC(=O)c2cc3ccccc3oc2=O)CO1. The molecule has 2 aromatic rings. The minimum atomic E-state index is -1.11. The maximum absolute atomic E-state index is 12.5. The van der Waals surface area contributed by atoms with Gasteiger partial charge in [0.25, 0.3) is 5.91 Å². The number of benzene rings is 1. The molecule has 24 heavy (non-hydrogen) atoms. The van der Waals surface area contributed by atoms with E-state index < -0.39 is 22.9 Å². The summed E-state index contributed by atoms with van der Waals surface area (Å²) in [6.45, 7) is 3.25. The molecule has 2 heterocycles. The standard InChI is InChI=1S/C17H19NO6/c1-16(2)22-9-17(8-19,10-23-16)18-14(20)12-7-11-5-3-4-6-13(11)24-15(12)21/h3-7,19H,8-10H2,1-2H3,(H,18,20). The molecule has 0 radical (unpaired) electrons. The van der Waals surface area contributed by atoms with Crippen LogP contribution in [0.1, 0.15) is 24.2 Å². The predicted molar refractivity (Wildman–Crippen MR) is 85.8 cm³/mol. The van der Waals surface area contributed by atoms with E-state index in [0.29, 0.717) is 11.0 Å². The predicted octanol–water partition coefficient (Wildman–Crippen LogP) is 1.04. The van der Waals surface area contributed by atoms with Crippen molar-refractivity contribution in [2.75, 3.05) is 19.8 Å². The Hall–Kier alpha value is -2.22. The Morgan fingerprint density at radius 3 is 2.58 bits per heavy atom. The second-order valence-corrected chi connectivity index (χ2v) is 6.36. The van der Waals surface area contributed by atoms with Crippen molar-refractivity contribution in [2.24, 2.45) is 0 Å². The van der Waals surface area contributed by atoms with Gasteiger partial charge in [0, 0.05) is 5.39 Å². The van der Waals surface area contributed by atoms with E-state index >= 15 is 0 Å². The Bertz CT molecular complexity index is 815. The van der Waals surface area contributed by atoms with Gasteiger partial charge in [0.15, 0.2) is 5.79 Å². The molecule has 128 valence electrons. The molecule has 3 rings (SSSR count). The number of carbonyl (C=O) groups is 1. The summed E-state index contributed by atoms with van der Waals surface area (Å²) in [6, 6.07) is 8.38. The van der Waals surface area contributed by atoms with Gasteiger partial charge in [-0.25, -0.2) is 4.79 Å². The monoisotopic (exact) mass is 333 g/mol. The van der Waals surface area contributed by atoms with Gasteiger partial charge in [0.1, 0.15) is 16.7 Å². The van der Waals surface area contributed by atoms with Crippen LogP contribution in [0.2, 0.25) is 0 Å². The van der Waals surface area contributed by atoms with Crippen LogP contribution in [0.25, 0.3) is 11.0 Å². The zero-order valence-electron chi connectivity index (χ0n) is 13.5. The van der Waals surface area contributed by atoms with Crippen molar-refractivity contribution < 1.29 is 23.8 Å². The summed E-state index contributed by atoms with van der Waals surface area (Å²) in [5.41, 5.74) is -1.57. The number of aliphatic hydroxyl groups is 1. The van der Waals surface area contributed by atoms with Crippen LogP contribution in [-0.2, 0) is 9.47 Å². The minimum Gasteiger partial charge on any atom is -0.422 e. The third-order valence-corrected chi connectivity index (χ3v) is 3.96. The van der Waals surface area contributed by atoms with Crippen LogP contribution in [0.3, 0.4) is 0 Å². The van der Waals surface area contributed by atoms with E-state index in [4.69, 9.17) is 13.9 Å². The van der Waals surface area contributed by atoms with Crippen molar-refractivity contribution in [3.63, 3.8) is 0 Å². The molecule has 0 spiro atoms. The van der Waals surface area contributed by atoms with E-state index in [9.17, 15) is 14.7 Å². The zero-order chi connectivity index (χ0) is 17.4. The molecule has 1 aromatic carbocycles. The lowest BCUT2D eigenvalue weighted by atomic mass is 10.0. The largest absolute Gasteiger partial charge is 0.422 e. The molecule has 7 heteroatoms. The van der Waals surface area contributed by atoms with E-state index in [1.165, 1.54) is 6.07 Å². The third kappa shape index (κ3) is 3.19. The highest BCUT2D eigenvalue weighted by Crippen LogP contribution is 2.23. The Morgan fingerprint density at radius 1 is 1.25 bits per heavy atom. The third-order valence-electron chi connectivity index (χ3n) is 3.96. The first-order valence-electron chi connectivity index (χ1n) is 7.58. The van der Waals surface area contributed by atoms with Crippen molar-refractivity contribution in [1.29, 1.82) is 0 Å². The van der Waals surface area contributed by atoms with Gasteiger partial charge in [0.2, 0.25) is 0 Å². The molecular formula is C17H19NO6. The highest BCUT2D eigenvalue weighted by atomic mass is 16.7. The molecule has 1 fully saturated rings. The number of nitrogens with one attached hydrogen (secondary N) is 1. The van der Waals surface area contributed by atoms with Crippen molar-refractivity contribution in [3.8, 4) is 0 Å². The number of fused-ring (bicyclic) bond motifs is 1. The zero-order valence-corrected chi connectivity index (χ0v) is 13.5. The fraction of sp³-hybridized carbons (Fsp3) is 0.412. The van der Waals surface area contributed by atoms with Gasteiger partial charge in [0.05, 0.1) is 19.8 Å². The first-order valence-corrected chi connectivity index (χ1v) is 7.58. The van der Waals surface area contributed by atoms with Gasteiger partial charge < -0.3 is 24.3 Å². The highest BCUT2D eigenvalue weighted by Gasteiger charge is 2.41. The van der Waals surface area contributed by atoms with Gasteiger partial charge >= 0.3 is 5.63 Å². The summed E-state index contributed by atoms with van der Waals surface area (Å²) < 4.78 is 16.2. The number of amides is 1. The molecule has 0 aliphatic carbocycles. The van der Waals surface area contributed by atoms with Crippen LogP contribution in [0, 0.1) is 0 Å². The van der Waals surface area contributed by atoms with E-state index in [2.05, 4.69) is 5.32 Å². The molecule has 1 aliphatic rings. The molecular weight excluding hydrogens is 314 g/mol. The number of para-hydroxylation sites is 1. The van der Waals surface area contributed by atoms with Gasteiger partial charge in [-0.2, -0.15) is 0 Å².